The van der Waals surface area contributed by atoms with Crippen molar-refractivity contribution < 1.29 is 31.3 Å². The van der Waals surface area contributed by atoms with Crippen LogP contribution in [0.3, 0.4) is 0 Å². The Kier molecular flexibility index (Phi) is 5.50. The van der Waals surface area contributed by atoms with E-state index in [2.05, 4.69) is 15.1 Å². The smallest absolute Gasteiger partial charge is 0.358 e. The Balaban J connectivity index is 2.14. The van der Waals surface area contributed by atoms with Gasteiger partial charge in [-0.1, -0.05) is 13.8 Å². The molecule has 0 radical (unpaired) electrons. The van der Waals surface area contributed by atoms with E-state index in [1.165, 1.54) is 10.9 Å². The molecule has 8 nitrogen and oxygen atoms in total. The monoisotopic (exact) mass is 448 g/mol. The van der Waals surface area contributed by atoms with Crippen molar-refractivity contribution in [2.75, 3.05) is 0 Å². The van der Waals surface area contributed by atoms with Crippen LogP contribution in [0.4, 0.5) is 32.2 Å². The van der Waals surface area contributed by atoms with Gasteiger partial charge >= 0.3 is 18.2 Å². The molecule has 0 atom stereocenters. The van der Waals surface area contributed by atoms with Gasteiger partial charge in [-0.25, -0.2) is 4.98 Å². The summed E-state index contributed by atoms with van der Waals surface area (Å²) in [5.41, 5.74) is -3.59. The Morgan fingerprint density at radius 3 is 2.06 bits per heavy atom. The molecule has 14 heteroatoms. The quantitative estimate of drug-likeness (QED) is 0.320. The molecule has 0 fully saturated rings. The highest BCUT2D eigenvalue weighted by atomic mass is 19.4. The normalized spacial score (nSPS) is 12.5. The van der Waals surface area contributed by atoms with Gasteiger partial charge < -0.3 is 10.1 Å². The van der Waals surface area contributed by atoms with Gasteiger partial charge in [0.25, 0.3) is 0 Å². The van der Waals surface area contributed by atoms with Crippen molar-refractivity contribution in [3.63, 3.8) is 0 Å². The van der Waals surface area contributed by atoms with Gasteiger partial charge in [-0.2, -0.15) is 31.0 Å². The van der Waals surface area contributed by atoms with E-state index in [1.54, 1.807) is 0 Å². The van der Waals surface area contributed by atoms with Gasteiger partial charge in [-0.15, -0.1) is 5.10 Å². The highest BCUT2D eigenvalue weighted by Gasteiger charge is 2.37. The average Bonchev–Trinajstić information content (AvgIpc) is 3.26. The van der Waals surface area contributed by atoms with E-state index in [9.17, 15) is 36.5 Å². The maximum absolute atomic E-state index is 13.1. The maximum Gasteiger partial charge on any atom is 0.416 e. The molecule has 3 aromatic rings. The summed E-state index contributed by atoms with van der Waals surface area (Å²) < 4.78 is 80.9. The summed E-state index contributed by atoms with van der Waals surface area (Å²) in [4.78, 5) is 18.0. The van der Waals surface area contributed by atoms with Crippen LogP contribution in [0.15, 0.2) is 30.9 Å². The molecule has 0 bridgehead atoms. The van der Waals surface area contributed by atoms with Crippen LogP contribution in [-0.4, -0.2) is 29.2 Å². The fraction of sp³-hybridized carbons (Fsp3) is 0.353. The van der Waals surface area contributed by atoms with Crippen LogP contribution in [0.2, 0.25) is 0 Å². The molecule has 0 aliphatic heterocycles. The Bertz CT molecular complexity index is 1080. The Morgan fingerprint density at radius 2 is 1.58 bits per heavy atom. The minimum Gasteiger partial charge on any atom is -0.358 e. The second-order valence-corrected chi connectivity index (χ2v) is 7.00. The molecule has 0 saturated carbocycles. The van der Waals surface area contributed by atoms with Crippen molar-refractivity contribution in [1.82, 2.24) is 24.3 Å². The molecule has 31 heavy (non-hydrogen) atoms. The average molecular weight is 448 g/mol. The number of alkyl halides is 6. The van der Waals surface area contributed by atoms with Crippen LogP contribution in [0.5, 0.6) is 0 Å². The molecule has 3 rings (SSSR count). The molecule has 0 N–H and O–H groups in total. The molecule has 2 aromatic heterocycles. The predicted octanol–water partition coefficient (Wildman–Crippen LogP) is 4.73. The van der Waals surface area contributed by atoms with Gasteiger partial charge in [-0.3, -0.25) is 4.57 Å². The zero-order valence-electron chi connectivity index (χ0n) is 15.9. The minimum atomic E-state index is -5.03. The third kappa shape index (κ3) is 4.67. The van der Waals surface area contributed by atoms with Crippen molar-refractivity contribution in [1.29, 1.82) is 0 Å². The summed E-state index contributed by atoms with van der Waals surface area (Å²) in [6.07, 6.45) is -7.91. The van der Waals surface area contributed by atoms with E-state index in [0.29, 0.717) is 18.7 Å². The number of nitro groups is 1. The summed E-state index contributed by atoms with van der Waals surface area (Å²) in [5.74, 6) is -1.13. The number of benzene rings is 1. The lowest BCUT2D eigenvalue weighted by Crippen LogP contribution is -2.12. The van der Waals surface area contributed by atoms with E-state index < -0.39 is 45.6 Å². The SMILES string of the molecule is CC(C)Cn1cnc([N+](=O)[O-])c1-n1cnc(-c2cc(C(F)(F)F)cc(C(F)(F)F)c2)n1. The number of halogens is 6. The van der Waals surface area contributed by atoms with Crippen LogP contribution in [0.25, 0.3) is 17.2 Å². The minimum absolute atomic E-state index is 0.0109. The molecule has 0 saturated heterocycles. The third-order valence-corrected chi connectivity index (χ3v) is 4.08. The van der Waals surface area contributed by atoms with Crippen molar-refractivity contribution >= 4 is 5.82 Å². The first-order valence-corrected chi connectivity index (χ1v) is 8.68. The Hall–Kier alpha value is -3.45. The summed E-state index contributed by atoms with van der Waals surface area (Å²) >= 11 is 0. The molecule has 0 spiro atoms. The second-order valence-electron chi connectivity index (χ2n) is 7.00. The first-order valence-electron chi connectivity index (χ1n) is 8.68. The van der Waals surface area contributed by atoms with E-state index in [-0.39, 0.29) is 17.8 Å². The number of hydrogen-bond acceptors (Lipinski definition) is 5. The molecule has 2 heterocycles. The Labute approximate surface area is 170 Å². The third-order valence-electron chi connectivity index (χ3n) is 4.08. The van der Waals surface area contributed by atoms with Crippen LogP contribution in [-0.2, 0) is 18.9 Å². The predicted molar refractivity (Wildman–Crippen MR) is 94.1 cm³/mol. The highest BCUT2D eigenvalue weighted by molar-refractivity contribution is 5.58. The van der Waals surface area contributed by atoms with Gasteiger partial charge in [0.05, 0.1) is 11.1 Å². The topological polar surface area (TPSA) is 91.7 Å². The van der Waals surface area contributed by atoms with Crippen molar-refractivity contribution in [2.24, 2.45) is 5.92 Å². The van der Waals surface area contributed by atoms with E-state index in [0.717, 1.165) is 11.0 Å². The van der Waals surface area contributed by atoms with E-state index in [4.69, 9.17) is 0 Å². The van der Waals surface area contributed by atoms with E-state index in [1.807, 2.05) is 13.8 Å². The largest absolute Gasteiger partial charge is 0.416 e. The standard InChI is InChI=1S/C17H14F6N6O2/c1-9(2)6-27-7-25-14(29(30)31)15(27)28-8-24-13(26-28)10-3-11(16(18,19)20)5-12(4-10)17(21,22)23/h3-5,7-9H,6H2,1-2H3. The molecular formula is C17H14F6N6O2. The fourth-order valence-electron chi connectivity index (χ4n) is 2.84. The molecule has 0 aliphatic rings. The van der Waals surface area contributed by atoms with Gasteiger partial charge in [-0.05, 0) is 34.0 Å². The zero-order valence-corrected chi connectivity index (χ0v) is 15.9. The number of aromatic nitrogens is 5. The van der Waals surface area contributed by atoms with Crippen LogP contribution in [0.1, 0.15) is 25.0 Å². The Morgan fingerprint density at radius 1 is 1.00 bits per heavy atom. The second kappa shape index (κ2) is 7.67. The molecule has 0 amide bonds. The van der Waals surface area contributed by atoms with Crippen LogP contribution in [0, 0.1) is 16.0 Å². The molecule has 166 valence electrons. The van der Waals surface area contributed by atoms with Gasteiger partial charge in [0, 0.05) is 12.1 Å². The van der Waals surface area contributed by atoms with Gasteiger partial charge in [0.2, 0.25) is 12.1 Å². The lowest BCUT2D eigenvalue weighted by atomic mass is 10.0. The number of nitrogens with zero attached hydrogens (tertiary/aromatic N) is 6. The number of imidazole rings is 1. The van der Waals surface area contributed by atoms with Gasteiger partial charge in [0.1, 0.15) is 6.33 Å². The van der Waals surface area contributed by atoms with Crippen LogP contribution < -0.4 is 0 Å². The van der Waals surface area contributed by atoms with Crippen molar-refractivity contribution in [3.8, 4) is 17.2 Å². The lowest BCUT2D eigenvalue weighted by molar-refractivity contribution is -0.389. The zero-order chi connectivity index (χ0) is 23.1. The number of hydrogen-bond donors (Lipinski definition) is 0. The highest BCUT2D eigenvalue weighted by Crippen LogP contribution is 2.38. The first-order chi connectivity index (χ1) is 14.3. The fourth-order valence-corrected chi connectivity index (χ4v) is 2.84. The lowest BCUT2D eigenvalue weighted by Gasteiger charge is -2.13. The first kappa shape index (κ1) is 22.2. The van der Waals surface area contributed by atoms with Crippen LogP contribution >= 0.6 is 0 Å². The van der Waals surface area contributed by atoms with Crippen molar-refractivity contribution in [3.05, 3.63) is 52.1 Å². The molecular weight excluding hydrogens is 434 g/mol. The molecule has 0 aliphatic carbocycles. The molecule has 1 aromatic carbocycles. The molecule has 0 unspecified atom stereocenters. The summed E-state index contributed by atoms with van der Waals surface area (Å²) in [7, 11) is 0. The van der Waals surface area contributed by atoms with E-state index >= 15 is 0 Å². The van der Waals surface area contributed by atoms with Gasteiger partial charge in [0.15, 0.2) is 5.82 Å². The number of rotatable bonds is 5. The summed E-state index contributed by atoms with van der Waals surface area (Å²) in [6, 6.07) is 0.951. The maximum atomic E-state index is 13.1. The summed E-state index contributed by atoms with van der Waals surface area (Å²) in [6.45, 7) is 3.97. The van der Waals surface area contributed by atoms with Crippen molar-refractivity contribution in [2.45, 2.75) is 32.7 Å². The summed E-state index contributed by atoms with van der Waals surface area (Å²) in [5, 5.41) is 15.2.